The number of nitrogens with zero attached hydrogens (tertiary/aromatic N) is 2. The molecule has 26 heavy (non-hydrogen) atoms. The van der Waals surface area contributed by atoms with Crippen molar-refractivity contribution in [3.8, 4) is 5.75 Å². The molecule has 2 heterocycles. The van der Waals surface area contributed by atoms with Crippen LogP contribution in [0.3, 0.4) is 0 Å². The molecule has 0 bridgehead atoms. The van der Waals surface area contributed by atoms with Gasteiger partial charge in [0.15, 0.2) is 0 Å². The molecule has 2 fully saturated rings. The van der Waals surface area contributed by atoms with Crippen LogP contribution in [0.5, 0.6) is 5.75 Å². The van der Waals surface area contributed by atoms with Crippen molar-refractivity contribution in [3.05, 3.63) is 30.3 Å². The SMILES string of the molecule is O=C(CN1CCC(Oc2ccccc2)CC1)NCCCN1CCCC1=O. The lowest BCUT2D eigenvalue weighted by Gasteiger charge is -2.31. The van der Waals surface area contributed by atoms with Gasteiger partial charge in [0, 0.05) is 39.1 Å². The highest BCUT2D eigenvalue weighted by atomic mass is 16.5. The lowest BCUT2D eigenvalue weighted by Crippen LogP contribution is -2.44. The molecule has 2 saturated heterocycles. The van der Waals surface area contributed by atoms with Crippen LogP contribution >= 0.6 is 0 Å². The fourth-order valence-electron chi connectivity index (χ4n) is 3.57. The number of amides is 2. The van der Waals surface area contributed by atoms with Gasteiger partial charge in [-0.2, -0.15) is 0 Å². The van der Waals surface area contributed by atoms with Crippen molar-refractivity contribution < 1.29 is 14.3 Å². The summed E-state index contributed by atoms with van der Waals surface area (Å²) in [6, 6.07) is 9.91. The lowest BCUT2D eigenvalue weighted by molar-refractivity contribution is -0.127. The largest absolute Gasteiger partial charge is 0.490 e. The predicted molar refractivity (Wildman–Crippen MR) is 100.0 cm³/mol. The van der Waals surface area contributed by atoms with Crippen LogP contribution in [0.15, 0.2) is 30.3 Å². The molecule has 1 aromatic rings. The van der Waals surface area contributed by atoms with Crippen molar-refractivity contribution in [2.75, 3.05) is 39.3 Å². The molecule has 2 amide bonds. The topological polar surface area (TPSA) is 61.9 Å². The molecule has 0 saturated carbocycles. The number of carbonyl (C=O) groups excluding carboxylic acids is 2. The minimum atomic E-state index is 0.0696. The first-order chi connectivity index (χ1) is 12.7. The number of ether oxygens (including phenoxy) is 1. The second-order valence-electron chi connectivity index (χ2n) is 7.09. The Balaban J connectivity index is 1.26. The molecule has 6 nitrogen and oxygen atoms in total. The zero-order valence-corrected chi connectivity index (χ0v) is 15.4. The highest BCUT2D eigenvalue weighted by molar-refractivity contribution is 5.78. The number of likely N-dealkylation sites (tertiary alicyclic amines) is 2. The molecular formula is C20H29N3O3. The van der Waals surface area contributed by atoms with E-state index in [-0.39, 0.29) is 17.9 Å². The second-order valence-corrected chi connectivity index (χ2v) is 7.09. The molecule has 2 aliphatic rings. The molecule has 2 aliphatic heterocycles. The first-order valence-corrected chi connectivity index (χ1v) is 9.69. The van der Waals surface area contributed by atoms with Crippen molar-refractivity contribution in [3.63, 3.8) is 0 Å². The maximum absolute atomic E-state index is 12.1. The number of carbonyl (C=O) groups is 2. The van der Waals surface area contributed by atoms with Crippen LogP contribution in [0.4, 0.5) is 0 Å². The quantitative estimate of drug-likeness (QED) is 0.717. The molecule has 0 aliphatic carbocycles. The maximum Gasteiger partial charge on any atom is 0.234 e. The van der Waals surface area contributed by atoms with Crippen molar-refractivity contribution >= 4 is 11.8 Å². The Hall–Kier alpha value is -2.08. The van der Waals surface area contributed by atoms with Gasteiger partial charge >= 0.3 is 0 Å². The molecule has 3 rings (SSSR count). The Morgan fingerprint density at radius 2 is 1.92 bits per heavy atom. The van der Waals surface area contributed by atoms with E-state index in [0.29, 0.717) is 19.5 Å². The van der Waals surface area contributed by atoms with E-state index >= 15 is 0 Å². The maximum atomic E-state index is 12.1. The summed E-state index contributed by atoms with van der Waals surface area (Å²) in [5.41, 5.74) is 0. The summed E-state index contributed by atoms with van der Waals surface area (Å²) in [6.07, 6.45) is 4.59. The summed E-state index contributed by atoms with van der Waals surface area (Å²) in [4.78, 5) is 27.7. The summed E-state index contributed by atoms with van der Waals surface area (Å²) < 4.78 is 5.99. The number of para-hydroxylation sites is 1. The Kier molecular flexibility index (Phi) is 6.89. The monoisotopic (exact) mass is 359 g/mol. The fraction of sp³-hybridized carbons (Fsp3) is 0.600. The molecule has 6 heteroatoms. The Morgan fingerprint density at radius 1 is 1.15 bits per heavy atom. The molecule has 0 spiro atoms. The molecule has 1 N–H and O–H groups in total. The Bertz CT molecular complexity index is 585. The summed E-state index contributed by atoms with van der Waals surface area (Å²) in [5, 5.41) is 2.97. The van der Waals surface area contributed by atoms with Crippen molar-refractivity contribution in [1.82, 2.24) is 15.1 Å². The average Bonchev–Trinajstić information content (AvgIpc) is 3.06. The van der Waals surface area contributed by atoms with Crippen LogP contribution in [0.2, 0.25) is 0 Å². The molecular weight excluding hydrogens is 330 g/mol. The lowest BCUT2D eigenvalue weighted by atomic mass is 10.1. The van der Waals surface area contributed by atoms with Gasteiger partial charge in [-0.15, -0.1) is 0 Å². The Morgan fingerprint density at radius 3 is 2.62 bits per heavy atom. The van der Waals surface area contributed by atoms with Crippen LogP contribution in [0, 0.1) is 0 Å². The third-order valence-electron chi connectivity index (χ3n) is 5.05. The van der Waals surface area contributed by atoms with Crippen LogP contribution in [-0.2, 0) is 9.59 Å². The smallest absolute Gasteiger partial charge is 0.234 e. The molecule has 0 atom stereocenters. The third-order valence-corrected chi connectivity index (χ3v) is 5.05. The van der Waals surface area contributed by atoms with Crippen LogP contribution in [-0.4, -0.2) is 67.0 Å². The molecule has 1 aromatic carbocycles. The summed E-state index contributed by atoms with van der Waals surface area (Å²) in [7, 11) is 0. The van der Waals surface area contributed by atoms with E-state index in [1.807, 2.05) is 35.2 Å². The van der Waals surface area contributed by atoms with Gasteiger partial charge in [0.25, 0.3) is 0 Å². The van der Waals surface area contributed by atoms with Gasteiger partial charge in [0.05, 0.1) is 6.54 Å². The predicted octanol–water partition coefficient (Wildman–Crippen LogP) is 1.66. The van der Waals surface area contributed by atoms with Crippen LogP contribution < -0.4 is 10.1 Å². The van der Waals surface area contributed by atoms with Crippen molar-refractivity contribution in [2.24, 2.45) is 0 Å². The van der Waals surface area contributed by atoms with E-state index in [4.69, 9.17) is 4.74 Å². The highest BCUT2D eigenvalue weighted by Crippen LogP contribution is 2.18. The van der Waals surface area contributed by atoms with E-state index in [1.165, 1.54) is 0 Å². The second kappa shape index (κ2) is 9.57. The molecule has 0 aromatic heterocycles. The van der Waals surface area contributed by atoms with Crippen molar-refractivity contribution in [1.29, 1.82) is 0 Å². The van der Waals surface area contributed by atoms with Gasteiger partial charge in [0.1, 0.15) is 11.9 Å². The third kappa shape index (κ3) is 5.73. The molecule has 0 unspecified atom stereocenters. The van der Waals surface area contributed by atoms with Gasteiger partial charge < -0.3 is 15.0 Å². The number of hydrogen-bond donors (Lipinski definition) is 1. The van der Waals surface area contributed by atoms with Gasteiger partial charge in [-0.3, -0.25) is 14.5 Å². The first kappa shape index (κ1) is 18.7. The zero-order valence-electron chi connectivity index (χ0n) is 15.4. The number of hydrogen-bond acceptors (Lipinski definition) is 4. The number of piperidine rings is 1. The van der Waals surface area contributed by atoms with Gasteiger partial charge in [-0.1, -0.05) is 18.2 Å². The number of nitrogens with one attached hydrogen (secondary N) is 1. The first-order valence-electron chi connectivity index (χ1n) is 9.69. The van der Waals surface area contributed by atoms with Crippen LogP contribution in [0.1, 0.15) is 32.1 Å². The van der Waals surface area contributed by atoms with Gasteiger partial charge in [-0.25, -0.2) is 0 Å². The average molecular weight is 359 g/mol. The fourth-order valence-corrected chi connectivity index (χ4v) is 3.57. The van der Waals surface area contributed by atoms with Gasteiger partial charge in [0.2, 0.25) is 11.8 Å². The number of benzene rings is 1. The zero-order chi connectivity index (χ0) is 18.2. The summed E-state index contributed by atoms with van der Waals surface area (Å²) in [6.45, 7) is 4.46. The van der Waals surface area contributed by atoms with E-state index in [0.717, 1.165) is 57.6 Å². The highest BCUT2D eigenvalue weighted by Gasteiger charge is 2.22. The minimum absolute atomic E-state index is 0.0696. The molecule has 142 valence electrons. The van der Waals surface area contributed by atoms with Crippen molar-refractivity contribution in [2.45, 2.75) is 38.2 Å². The van der Waals surface area contributed by atoms with E-state index < -0.39 is 0 Å². The normalized spacial score (nSPS) is 18.9. The van der Waals surface area contributed by atoms with E-state index in [1.54, 1.807) is 0 Å². The summed E-state index contributed by atoms with van der Waals surface area (Å²) >= 11 is 0. The Labute approximate surface area is 155 Å². The minimum Gasteiger partial charge on any atom is -0.490 e. The van der Waals surface area contributed by atoms with E-state index in [9.17, 15) is 9.59 Å². The standard InChI is InChI=1S/C20H29N3O3/c24-19(21-11-5-13-23-12-4-8-20(23)25)16-22-14-9-18(10-15-22)26-17-6-2-1-3-7-17/h1-3,6-7,18H,4-5,8-16H2,(H,21,24). The van der Waals surface area contributed by atoms with E-state index in [2.05, 4.69) is 10.2 Å². The van der Waals surface area contributed by atoms with Gasteiger partial charge in [-0.05, 0) is 37.8 Å². The molecule has 0 radical (unpaired) electrons. The number of rotatable bonds is 8. The summed E-state index contributed by atoms with van der Waals surface area (Å²) in [5.74, 6) is 1.23. The van der Waals surface area contributed by atoms with Crippen LogP contribution in [0.25, 0.3) is 0 Å².